The van der Waals surface area contributed by atoms with Gasteiger partial charge in [0.25, 0.3) is 5.56 Å². The molecule has 2 aromatic heterocycles. The molecular weight excluding hydrogens is 418 g/mol. The molecule has 2 heterocycles. The number of hydrogen-bond acceptors (Lipinski definition) is 4. The number of thiazole rings is 1. The average molecular weight is 444 g/mol. The first-order chi connectivity index (χ1) is 15.2. The summed E-state index contributed by atoms with van der Waals surface area (Å²) in [5.74, 6) is -0.0288. The van der Waals surface area contributed by atoms with Crippen LogP contribution in [0.15, 0.2) is 65.6 Å². The van der Waals surface area contributed by atoms with E-state index < -0.39 is 5.41 Å². The van der Waals surface area contributed by atoms with Crippen LogP contribution in [-0.4, -0.2) is 20.5 Å². The zero-order valence-electron chi connectivity index (χ0n) is 18.5. The number of para-hydroxylation sites is 1. The molecule has 0 unspecified atom stereocenters. The Bertz CT molecular complexity index is 1450. The van der Waals surface area contributed by atoms with Crippen LogP contribution < -0.4 is 14.8 Å². The Morgan fingerprint density at radius 2 is 1.84 bits per heavy atom. The lowest BCUT2D eigenvalue weighted by molar-refractivity contribution is -0.119. The van der Waals surface area contributed by atoms with Crippen molar-refractivity contribution in [1.82, 2.24) is 14.8 Å². The zero-order chi connectivity index (χ0) is 22.9. The fraction of sp³-hybridized carbons (Fsp3) is 0.192. The molecule has 1 N–H and O–H groups in total. The first kappa shape index (κ1) is 21.7. The lowest BCUT2D eigenvalue weighted by atomic mass is 9.91. The molecule has 5 nitrogen and oxygen atoms in total. The van der Waals surface area contributed by atoms with Gasteiger partial charge in [-0.25, -0.2) is 4.68 Å². The fourth-order valence-electron chi connectivity index (χ4n) is 3.22. The Morgan fingerprint density at radius 3 is 2.53 bits per heavy atom. The van der Waals surface area contributed by atoms with E-state index in [-0.39, 0.29) is 11.3 Å². The van der Waals surface area contributed by atoms with Crippen LogP contribution in [0.3, 0.4) is 0 Å². The van der Waals surface area contributed by atoms with Crippen LogP contribution in [0, 0.1) is 12.3 Å². The number of Topliss-reactive ketones (excluding diaryl/α,β-unsaturated/α-hetero) is 1. The summed E-state index contributed by atoms with van der Waals surface area (Å²) in [5, 5.41) is 4.82. The highest BCUT2D eigenvalue weighted by Gasteiger charge is 2.18. The SMILES string of the molecule is Cc1cccc(-c2nn(-c3ccccc3)cc2/C=c2/s/c(=C/C(=O)C(C)(C)C)[nH]c2=O)c1. The fourth-order valence-corrected chi connectivity index (χ4v) is 4.10. The number of hydrogen-bond donors (Lipinski definition) is 1. The third-order valence-corrected chi connectivity index (χ3v) is 5.99. The average Bonchev–Trinajstić information content (AvgIpc) is 3.32. The molecular formula is C26H25N3O2S. The monoisotopic (exact) mass is 443 g/mol. The van der Waals surface area contributed by atoms with Crippen molar-refractivity contribution in [2.45, 2.75) is 27.7 Å². The molecule has 0 aliphatic rings. The standard InChI is InChI=1S/C26H25N3O2S/c1-17-9-8-10-18(13-17)24-19(16-29(28-24)20-11-6-5-7-12-20)14-21-25(31)27-23(32-21)15-22(30)26(2,3)4/h5-16H,1-4H3,(H,27,31)/b21-14+,23-15+. The molecule has 0 atom stereocenters. The van der Waals surface area contributed by atoms with Crippen LogP contribution in [-0.2, 0) is 4.79 Å². The second-order valence-electron chi connectivity index (χ2n) is 8.77. The first-order valence-corrected chi connectivity index (χ1v) is 11.2. The Labute approximate surface area is 190 Å². The number of aromatic nitrogens is 3. The van der Waals surface area contributed by atoms with Gasteiger partial charge in [0.15, 0.2) is 5.78 Å². The maximum Gasteiger partial charge on any atom is 0.266 e. The highest BCUT2D eigenvalue weighted by atomic mass is 32.1. The molecule has 0 amide bonds. The molecule has 0 radical (unpaired) electrons. The van der Waals surface area contributed by atoms with Crippen molar-refractivity contribution in [1.29, 1.82) is 0 Å². The van der Waals surface area contributed by atoms with Crippen LogP contribution in [0.25, 0.3) is 29.1 Å². The third-order valence-electron chi connectivity index (χ3n) is 5.02. The van der Waals surface area contributed by atoms with Crippen LogP contribution in [0.2, 0.25) is 0 Å². The summed E-state index contributed by atoms with van der Waals surface area (Å²) < 4.78 is 2.90. The van der Waals surface area contributed by atoms with Gasteiger partial charge < -0.3 is 4.98 Å². The van der Waals surface area contributed by atoms with Crippen molar-refractivity contribution in [2.75, 3.05) is 0 Å². The van der Waals surface area contributed by atoms with Crippen LogP contribution >= 0.6 is 11.3 Å². The summed E-state index contributed by atoms with van der Waals surface area (Å²) in [6.07, 6.45) is 5.28. The molecule has 32 heavy (non-hydrogen) atoms. The molecule has 0 saturated heterocycles. The quantitative estimate of drug-likeness (QED) is 0.521. The Kier molecular flexibility index (Phi) is 5.80. The number of H-pyrrole nitrogens is 1. The molecule has 0 aliphatic carbocycles. The lowest BCUT2D eigenvalue weighted by Crippen LogP contribution is -2.22. The van der Waals surface area contributed by atoms with E-state index in [2.05, 4.69) is 11.1 Å². The van der Waals surface area contributed by atoms with Gasteiger partial charge in [-0.2, -0.15) is 5.10 Å². The molecule has 0 spiro atoms. The summed E-state index contributed by atoms with van der Waals surface area (Å²) in [6, 6.07) is 18.0. The number of aryl methyl sites for hydroxylation is 1. The Hall–Kier alpha value is -3.51. The van der Waals surface area contributed by atoms with E-state index in [1.54, 1.807) is 0 Å². The first-order valence-electron chi connectivity index (χ1n) is 10.4. The summed E-state index contributed by atoms with van der Waals surface area (Å²) in [4.78, 5) is 27.8. The molecule has 0 bridgehead atoms. The normalized spacial score (nSPS) is 13.0. The van der Waals surface area contributed by atoms with Crippen molar-refractivity contribution < 1.29 is 4.79 Å². The third kappa shape index (κ3) is 4.70. The molecule has 0 aliphatic heterocycles. The Morgan fingerprint density at radius 1 is 1.09 bits per heavy atom. The predicted octanol–water partition coefficient (Wildman–Crippen LogP) is 3.82. The van der Waals surface area contributed by atoms with Gasteiger partial charge in [0, 0.05) is 28.8 Å². The van der Waals surface area contributed by atoms with Crippen LogP contribution in [0.5, 0.6) is 0 Å². The number of carbonyl (C=O) groups excluding carboxylic acids is 1. The highest BCUT2D eigenvalue weighted by molar-refractivity contribution is 7.07. The van der Waals surface area contributed by atoms with Gasteiger partial charge in [-0.1, -0.05) is 62.7 Å². The van der Waals surface area contributed by atoms with E-state index in [1.165, 1.54) is 17.4 Å². The summed E-state index contributed by atoms with van der Waals surface area (Å²) in [6.45, 7) is 7.61. The Balaban J connectivity index is 1.88. The number of benzene rings is 2. The van der Waals surface area contributed by atoms with Crippen molar-refractivity contribution in [2.24, 2.45) is 5.41 Å². The number of nitrogens with one attached hydrogen (secondary N) is 1. The summed E-state index contributed by atoms with van der Waals surface area (Å²) >= 11 is 1.27. The van der Waals surface area contributed by atoms with Crippen molar-refractivity contribution in [3.05, 3.63) is 91.5 Å². The van der Waals surface area contributed by atoms with Crippen molar-refractivity contribution in [3.63, 3.8) is 0 Å². The number of aromatic amines is 1. The lowest BCUT2D eigenvalue weighted by Gasteiger charge is -2.12. The second kappa shape index (κ2) is 8.55. The number of rotatable bonds is 4. The minimum absolute atomic E-state index is 0.0288. The maximum absolute atomic E-state index is 12.6. The van der Waals surface area contributed by atoms with Gasteiger partial charge in [0.1, 0.15) is 5.69 Å². The van der Waals surface area contributed by atoms with Gasteiger partial charge >= 0.3 is 0 Å². The smallest absolute Gasteiger partial charge is 0.266 e. The minimum atomic E-state index is -0.500. The van der Waals surface area contributed by atoms with Gasteiger partial charge in [0.2, 0.25) is 0 Å². The predicted molar refractivity (Wildman–Crippen MR) is 130 cm³/mol. The van der Waals surface area contributed by atoms with E-state index in [1.807, 2.05) is 93.2 Å². The summed E-state index contributed by atoms with van der Waals surface area (Å²) in [5.41, 5.74) is 3.96. The number of nitrogens with zero attached hydrogens (tertiary/aromatic N) is 2. The van der Waals surface area contributed by atoms with E-state index in [0.717, 1.165) is 28.1 Å². The molecule has 0 saturated carbocycles. The van der Waals surface area contributed by atoms with Crippen molar-refractivity contribution in [3.8, 4) is 16.9 Å². The minimum Gasteiger partial charge on any atom is -0.313 e. The summed E-state index contributed by atoms with van der Waals surface area (Å²) in [7, 11) is 0. The molecule has 4 aromatic rings. The van der Waals surface area contributed by atoms with E-state index >= 15 is 0 Å². The largest absolute Gasteiger partial charge is 0.313 e. The van der Waals surface area contributed by atoms with E-state index in [0.29, 0.717) is 9.20 Å². The van der Waals surface area contributed by atoms with Gasteiger partial charge in [-0.3, -0.25) is 9.59 Å². The second-order valence-corrected chi connectivity index (χ2v) is 9.85. The van der Waals surface area contributed by atoms with Gasteiger partial charge in [0.05, 0.1) is 14.9 Å². The topological polar surface area (TPSA) is 67.8 Å². The molecule has 4 rings (SSSR count). The maximum atomic E-state index is 12.6. The van der Waals surface area contributed by atoms with Gasteiger partial charge in [-0.15, -0.1) is 11.3 Å². The highest BCUT2D eigenvalue weighted by Crippen LogP contribution is 2.25. The zero-order valence-corrected chi connectivity index (χ0v) is 19.4. The molecule has 0 fully saturated rings. The molecule has 6 heteroatoms. The van der Waals surface area contributed by atoms with Crippen molar-refractivity contribution >= 4 is 29.3 Å². The van der Waals surface area contributed by atoms with E-state index in [9.17, 15) is 9.59 Å². The molecule has 162 valence electrons. The molecule has 2 aromatic carbocycles. The van der Waals surface area contributed by atoms with Gasteiger partial charge in [-0.05, 0) is 31.2 Å². The van der Waals surface area contributed by atoms with Crippen LogP contribution in [0.1, 0.15) is 31.9 Å². The van der Waals surface area contributed by atoms with E-state index in [4.69, 9.17) is 5.10 Å². The number of carbonyl (C=O) groups is 1. The van der Waals surface area contributed by atoms with Crippen LogP contribution in [0.4, 0.5) is 0 Å². The number of ketones is 1.